The summed E-state index contributed by atoms with van der Waals surface area (Å²) in [5, 5.41) is 21.6. The summed E-state index contributed by atoms with van der Waals surface area (Å²) in [4.78, 5) is 15.8. The van der Waals surface area contributed by atoms with Gasteiger partial charge in [-0.05, 0) is 73.9 Å². The number of carboxylic acids is 1. The highest BCUT2D eigenvalue weighted by molar-refractivity contribution is 7.82. The zero-order chi connectivity index (χ0) is 28.0. The lowest BCUT2D eigenvalue weighted by atomic mass is 9.96. The standard InChI is InChI=1S/C29H24F2N4O3S2/c30-22-9-8-20(14-19(22)7-5-16-1-2-16)27-21(11-18-6-10-26(40(32)38)23(31)12-18)25(13-17-3-4-17)35(34-27)29-33-24(15-39-29)28(36)37/h6,8-10,12,14-17H,1-4,11,13H2,(H2,32,38)(H,36,37)/p+1. The summed E-state index contributed by atoms with van der Waals surface area (Å²) in [5.74, 6) is 4.61. The molecule has 0 radical (unpaired) electrons. The van der Waals surface area contributed by atoms with E-state index in [9.17, 15) is 22.9 Å². The van der Waals surface area contributed by atoms with Gasteiger partial charge in [0, 0.05) is 28.8 Å². The number of carbonyl (C=O) groups is 1. The van der Waals surface area contributed by atoms with Gasteiger partial charge in [-0.25, -0.2) is 23.2 Å². The first-order chi connectivity index (χ1) is 19.3. The number of benzene rings is 2. The molecule has 3 N–H and O–H groups in total. The number of carboxylic acid groups (broad SMARTS) is 1. The Labute approximate surface area is 235 Å². The summed E-state index contributed by atoms with van der Waals surface area (Å²) >= 11 is 1.17. The third kappa shape index (κ3) is 5.61. The maximum atomic E-state index is 14.7. The minimum atomic E-state index is -2.33. The second-order valence-corrected chi connectivity index (χ2v) is 12.2. The van der Waals surface area contributed by atoms with Crippen LogP contribution in [0.25, 0.3) is 16.4 Å². The van der Waals surface area contributed by atoms with Crippen molar-refractivity contribution < 1.29 is 22.9 Å². The normalized spacial score (nSPS) is 15.5. The Morgan fingerprint density at radius 3 is 2.60 bits per heavy atom. The fourth-order valence-electron chi connectivity index (χ4n) is 4.55. The first kappa shape index (κ1) is 26.5. The van der Waals surface area contributed by atoms with Gasteiger partial charge in [-0.2, -0.15) is 5.10 Å². The zero-order valence-electron chi connectivity index (χ0n) is 21.2. The Balaban J connectivity index is 1.51. The molecule has 40 heavy (non-hydrogen) atoms. The van der Waals surface area contributed by atoms with Crippen LogP contribution in [0.2, 0.25) is 0 Å². The van der Waals surface area contributed by atoms with Crippen molar-refractivity contribution in [3.05, 3.63) is 81.5 Å². The van der Waals surface area contributed by atoms with E-state index in [1.807, 2.05) is 0 Å². The minimum absolute atomic E-state index is 0.0470. The van der Waals surface area contributed by atoms with Gasteiger partial charge in [0.1, 0.15) is 5.82 Å². The van der Waals surface area contributed by atoms with Gasteiger partial charge >= 0.3 is 5.97 Å². The monoisotopic (exact) mass is 579 g/mol. The lowest BCUT2D eigenvalue weighted by Gasteiger charge is -2.09. The fourth-order valence-corrected chi connectivity index (χ4v) is 5.81. The van der Waals surface area contributed by atoms with Crippen molar-refractivity contribution in [1.29, 1.82) is 0 Å². The molecule has 204 valence electrons. The van der Waals surface area contributed by atoms with Gasteiger partial charge in [0.2, 0.25) is 10.0 Å². The molecule has 1 unspecified atom stereocenters. The van der Waals surface area contributed by atoms with Crippen molar-refractivity contribution >= 4 is 28.3 Å². The van der Waals surface area contributed by atoms with E-state index in [-0.39, 0.29) is 22.6 Å². The van der Waals surface area contributed by atoms with Crippen molar-refractivity contribution in [1.82, 2.24) is 14.8 Å². The number of thiazole rings is 1. The number of aromatic carboxylic acids is 1. The molecular formula is C29H25F2N4O3S2+. The van der Waals surface area contributed by atoms with E-state index < -0.39 is 28.6 Å². The second-order valence-electron chi connectivity index (χ2n) is 10.2. The molecule has 2 fully saturated rings. The first-order valence-electron chi connectivity index (χ1n) is 12.9. The van der Waals surface area contributed by atoms with Crippen LogP contribution in [0.15, 0.2) is 46.7 Å². The molecule has 2 heterocycles. The SMILES string of the molecule is N[SH+](=O)c1ccc(Cc2c(-c3ccc(F)c(C#CC4CC4)c3)nn(-c3nc(C(=O)O)cs3)c2CC2CC2)cc1F. The number of hydrogen-bond acceptors (Lipinski definition) is 5. The highest BCUT2D eigenvalue weighted by atomic mass is 32.2. The lowest BCUT2D eigenvalue weighted by molar-refractivity contribution is 0.0691. The highest BCUT2D eigenvalue weighted by Gasteiger charge is 2.30. The summed E-state index contributed by atoms with van der Waals surface area (Å²) < 4.78 is 42.8. The molecule has 2 aliphatic carbocycles. The molecule has 0 bridgehead atoms. The smallest absolute Gasteiger partial charge is 0.355 e. The third-order valence-corrected chi connectivity index (χ3v) is 8.67. The lowest BCUT2D eigenvalue weighted by Crippen LogP contribution is -2.07. The molecule has 2 aromatic heterocycles. The van der Waals surface area contributed by atoms with Gasteiger partial charge in [-0.1, -0.05) is 22.1 Å². The molecule has 4 aromatic rings. The Morgan fingerprint density at radius 1 is 1.15 bits per heavy atom. The van der Waals surface area contributed by atoms with E-state index >= 15 is 0 Å². The van der Waals surface area contributed by atoms with Gasteiger partial charge in [0.05, 0.1) is 17.0 Å². The highest BCUT2D eigenvalue weighted by Crippen LogP contribution is 2.38. The average molecular weight is 580 g/mol. The van der Waals surface area contributed by atoms with Gasteiger partial charge in [0.25, 0.3) is 0 Å². The number of hydrogen-bond donors (Lipinski definition) is 2. The largest absolute Gasteiger partial charge is 0.476 e. The van der Waals surface area contributed by atoms with E-state index in [0.717, 1.165) is 36.9 Å². The number of rotatable bonds is 8. The van der Waals surface area contributed by atoms with Gasteiger partial charge in [0.15, 0.2) is 22.5 Å². The molecule has 2 aliphatic rings. The van der Waals surface area contributed by atoms with Gasteiger partial charge in [-0.3, -0.25) is 0 Å². The van der Waals surface area contributed by atoms with E-state index in [4.69, 9.17) is 10.2 Å². The number of nitrogens with two attached hydrogens (primary N) is 1. The van der Waals surface area contributed by atoms with Crippen LogP contribution in [0.1, 0.15) is 58.6 Å². The Bertz CT molecular complexity index is 1730. The van der Waals surface area contributed by atoms with Crippen molar-refractivity contribution in [2.45, 2.75) is 43.4 Å². The summed E-state index contributed by atoms with van der Waals surface area (Å²) in [6, 6.07) is 9.12. The molecule has 1 atom stereocenters. The topological polar surface area (TPSA) is 111 Å². The Kier molecular flexibility index (Phi) is 7.08. The summed E-state index contributed by atoms with van der Waals surface area (Å²) in [5.41, 5.74) is 3.67. The zero-order valence-corrected chi connectivity index (χ0v) is 22.9. The quantitative estimate of drug-likeness (QED) is 0.169. The number of halogens is 2. The van der Waals surface area contributed by atoms with Crippen LogP contribution in [0.5, 0.6) is 0 Å². The molecule has 11 heteroatoms. The van der Waals surface area contributed by atoms with E-state index in [2.05, 4.69) is 16.8 Å². The Morgan fingerprint density at radius 2 is 1.95 bits per heavy atom. The number of nitrogens with zero attached hydrogens (tertiary/aromatic N) is 3. The van der Waals surface area contributed by atoms with Crippen LogP contribution in [-0.2, 0) is 28.0 Å². The van der Waals surface area contributed by atoms with Crippen molar-refractivity contribution in [2.75, 3.05) is 0 Å². The summed E-state index contributed by atoms with van der Waals surface area (Å²) in [6.45, 7) is 0. The predicted octanol–water partition coefficient (Wildman–Crippen LogP) is 5.21. The van der Waals surface area contributed by atoms with Crippen LogP contribution in [0.4, 0.5) is 8.78 Å². The van der Waals surface area contributed by atoms with Gasteiger partial charge in [-0.15, -0.1) is 16.5 Å². The van der Waals surface area contributed by atoms with Crippen molar-refractivity contribution in [3.63, 3.8) is 0 Å². The second kappa shape index (κ2) is 10.7. The molecule has 0 aliphatic heterocycles. The molecule has 2 saturated carbocycles. The maximum absolute atomic E-state index is 14.7. The van der Waals surface area contributed by atoms with E-state index in [1.165, 1.54) is 34.9 Å². The first-order valence-corrected chi connectivity index (χ1v) is 15.1. The number of thiol groups is 1. The van der Waals surface area contributed by atoms with E-state index in [1.54, 1.807) is 22.9 Å². The molecule has 6 rings (SSSR count). The molecular weight excluding hydrogens is 554 g/mol. The van der Waals surface area contributed by atoms with E-state index in [0.29, 0.717) is 40.2 Å². The van der Waals surface area contributed by atoms with Crippen LogP contribution in [0, 0.1) is 35.3 Å². The Hall–Kier alpha value is -3.72. The molecule has 2 aromatic carbocycles. The van der Waals surface area contributed by atoms with Crippen molar-refractivity contribution in [3.8, 4) is 28.2 Å². The molecule has 0 amide bonds. The average Bonchev–Trinajstić information content (AvgIpc) is 3.84. The van der Waals surface area contributed by atoms with Crippen LogP contribution in [-0.4, -0.2) is 25.8 Å². The predicted molar refractivity (Wildman–Crippen MR) is 149 cm³/mol. The molecule has 0 saturated heterocycles. The maximum Gasteiger partial charge on any atom is 0.355 e. The summed E-state index contributed by atoms with van der Waals surface area (Å²) in [7, 11) is -2.33. The van der Waals surface area contributed by atoms with Gasteiger partial charge < -0.3 is 5.11 Å². The molecule has 7 nitrogen and oxygen atoms in total. The number of aromatic nitrogens is 3. The van der Waals surface area contributed by atoms with Crippen LogP contribution >= 0.6 is 11.3 Å². The third-order valence-electron chi connectivity index (χ3n) is 7.02. The fraction of sp³-hybridized carbons (Fsp3) is 0.276. The van der Waals surface area contributed by atoms with Crippen LogP contribution < -0.4 is 5.14 Å². The van der Waals surface area contributed by atoms with Crippen molar-refractivity contribution in [2.24, 2.45) is 17.0 Å². The summed E-state index contributed by atoms with van der Waals surface area (Å²) in [6.07, 6.45) is 5.12. The van der Waals surface area contributed by atoms with Crippen LogP contribution in [0.3, 0.4) is 0 Å². The molecule has 0 spiro atoms. The minimum Gasteiger partial charge on any atom is -0.476 e.